The molecule has 0 amide bonds. The van der Waals surface area contributed by atoms with E-state index in [-0.39, 0.29) is 12.8 Å². The van der Waals surface area contributed by atoms with Crippen molar-refractivity contribution in [3.63, 3.8) is 0 Å². The molecule has 0 atom stereocenters. The van der Waals surface area contributed by atoms with Crippen molar-refractivity contribution in [2.24, 2.45) is 5.73 Å². The van der Waals surface area contributed by atoms with Gasteiger partial charge in [-0.25, -0.2) is 9.36 Å². The van der Waals surface area contributed by atoms with Crippen molar-refractivity contribution in [3.8, 4) is 0 Å². The van der Waals surface area contributed by atoms with Crippen LogP contribution < -0.4 is 5.73 Å². The molecule has 0 unspecified atom stereocenters. The Morgan fingerprint density at radius 1 is 0.767 bits per heavy atom. The molecule has 2 aromatic heterocycles. The average molecular weight is 401 g/mol. The molecule has 2 aromatic carbocycles. The van der Waals surface area contributed by atoms with Gasteiger partial charge in [0.05, 0.1) is 30.0 Å². The van der Waals surface area contributed by atoms with E-state index in [1.807, 2.05) is 73.1 Å². The van der Waals surface area contributed by atoms with E-state index in [4.69, 9.17) is 5.73 Å². The summed E-state index contributed by atoms with van der Waals surface area (Å²) < 4.78 is 3.48. The number of aromatic nitrogens is 6. The Hall–Kier alpha value is -3.65. The van der Waals surface area contributed by atoms with Crippen LogP contribution in [0.5, 0.6) is 0 Å². The number of rotatable bonds is 9. The zero-order chi connectivity index (χ0) is 20.8. The number of carbonyl (C=O) groups is 1. The molecule has 0 fully saturated rings. The van der Waals surface area contributed by atoms with Crippen molar-refractivity contribution < 1.29 is 4.79 Å². The first-order chi connectivity index (χ1) is 14.6. The summed E-state index contributed by atoms with van der Waals surface area (Å²) in [4.78, 5) is 11.8. The summed E-state index contributed by atoms with van der Waals surface area (Å²) >= 11 is 0. The number of aldehydes is 1. The number of nitrogens with zero attached hydrogens (tertiary/aromatic N) is 6. The van der Waals surface area contributed by atoms with Crippen molar-refractivity contribution >= 4 is 6.29 Å². The number of benzene rings is 2. The van der Waals surface area contributed by atoms with Gasteiger partial charge in [-0.3, -0.25) is 0 Å². The van der Waals surface area contributed by atoms with Crippen LogP contribution in [0.15, 0.2) is 73.1 Å². The molecule has 30 heavy (non-hydrogen) atoms. The lowest BCUT2D eigenvalue weighted by molar-refractivity contribution is -0.112. The SMILES string of the molecule is NC(C=O)(Cc1cn(Cc2ccccc2)nn1)Cc1cn(Cc2ccccc2)nn1. The lowest BCUT2D eigenvalue weighted by atomic mass is 9.91. The second kappa shape index (κ2) is 8.79. The summed E-state index contributed by atoms with van der Waals surface area (Å²) in [6.07, 6.45) is 4.96. The van der Waals surface area contributed by atoms with Crippen molar-refractivity contribution in [2.45, 2.75) is 31.5 Å². The van der Waals surface area contributed by atoms with Crippen molar-refractivity contribution in [1.29, 1.82) is 0 Å². The third kappa shape index (κ3) is 5.03. The summed E-state index contributed by atoms with van der Waals surface area (Å²) in [6.45, 7) is 1.22. The van der Waals surface area contributed by atoms with Crippen LogP contribution in [-0.2, 0) is 30.7 Å². The van der Waals surface area contributed by atoms with Gasteiger partial charge in [0, 0.05) is 25.2 Å². The van der Waals surface area contributed by atoms with E-state index < -0.39 is 5.54 Å². The van der Waals surface area contributed by atoms with Crippen LogP contribution in [0.2, 0.25) is 0 Å². The first kappa shape index (κ1) is 19.7. The molecule has 4 aromatic rings. The average Bonchev–Trinajstić information content (AvgIpc) is 3.38. The van der Waals surface area contributed by atoms with Crippen LogP contribution in [-0.4, -0.2) is 41.8 Å². The van der Waals surface area contributed by atoms with E-state index in [2.05, 4.69) is 20.6 Å². The summed E-state index contributed by atoms with van der Waals surface area (Å²) in [5.41, 5.74) is 8.81. The van der Waals surface area contributed by atoms with Crippen LogP contribution in [0, 0.1) is 0 Å². The van der Waals surface area contributed by atoms with E-state index >= 15 is 0 Å². The van der Waals surface area contributed by atoms with E-state index in [0.29, 0.717) is 24.5 Å². The lowest BCUT2D eigenvalue weighted by Crippen LogP contribution is -2.46. The molecule has 0 saturated heterocycles. The molecule has 4 rings (SSSR count). The topological polar surface area (TPSA) is 105 Å². The smallest absolute Gasteiger partial charge is 0.140 e. The summed E-state index contributed by atoms with van der Waals surface area (Å²) in [5, 5.41) is 16.7. The second-order valence-electron chi connectivity index (χ2n) is 7.49. The minimum absolute atomic E-state index is 0.275. The fraction of sp³-hybridized carbons (Fsp3) is 0.227. The number of hydrogen-bond acceptors (Lipinski definition) is 6. The standard InChI is InChI=1S/C22H23N7O/c23-22(17-30,11-20-15-28(26-24-20)13-18-7-3-1-4-8-18)12-21-16-29(27-25-21)14-19-9-5-2-6-10-19/h1-10,15-17H,11-14,23H2. The van der Waals surface area contributed by atoms with Gasteiger partial charge in [-0.15, -0.1) is 10.2 Å². The van der Waals surface area contributed by atoms with Crippen LogP contribution in [0.3, 0.4) is 0 Å². The highest BCUT2D eigenvalue weighted by molar-refractivity contribution is 5.65. The molecular formula is C22H23N7O. The molecule has 0 aliphatic carbocycles. The zero-order valence-electron chi connectivity index (χ0n) is 16.5. The first-order valence-electron chi connectivity index (χ1n) is 9.73. The molecule has 0 bridgehead atoms. The maximum absolute atomic E-state index is 11.8. The van der Waals surface area contributed by atoms with E-state index in [9.17, 15) is 4.79 Å². The largest absolute Gasteiger partial charge is 0.319 e. The third-order valence-corrected chi connectivity index (χ3v) is 4.80. The Bertz CT molecular complexity index is 1010. The highest BCUT2D eigenvalue weighted by Gasteiger charge is 2.28. The number of nitrogens with two attached hydrogens (primary N) is 1. The predicted molar refractivity (Wildman–Crippen MR) is 112 cm³/mol. The highest BCUT2D eigenvalue weighted by atomic mass is 16.1. The second-order valence-corrected chi connectivity index (χ2v) is 7.49. The molecular weight excluding hydrogens is 378 g/mol. The third-order valence-electron chi connectivity index (χ3n) is 4.80. The van der Waals surface area contributed by atoms with Gasteiger partial charge in [-0.1, -0.05) is 71.1 Å². The first-order valence-corrected chi connectivity index (χ1v) is 9.73. The van der Waals surface area contributed by atoms with Crippen molar-refractivity contribution in [3.05, 3.63) is 95.6 Å². The van der Waals surface area contributed by atoms with Crippen LogP contribution in [0.1, 0.15) is 22.5 Å². The molecule has 0 aliphatic rings. The van der Waals surface area contributed by atoms with Gasteiger partial charge >= 0.3 is 0 Å². The van der Waals surface area contributed by atoms with Crippen LogP contribution in [0.25, 0.3) is 0 Å². The maximum atomic E-state index is 11.8. The number of carbonyl (C=O) groups excluding carboxylic acids is 1. The van der Waals surface area contributed by atoms with Gasteiger partial charge in [0.25, 0.3) is 0 Å². The van der Waals surface area contributed by atoms with Gasteiger partial charge in [-0.05, 0) is 11.1 Å². The summed E-state index contributed by atoms with van der Waals surface area (Å²) in [7, 11) is 0. The van der Waals surface area contributed by atoms with Gasteiger partial charge in [0.2, 0.25) is 0 Å². The van der Waals surface area contributed by atoms with Crippen LogP contribution >= 0.6 is 0 Å². The minimum Gasteiger partial charge on any atom is -0.319 e. The van der Waals surface area contributed by atoms with Crippen LogP contribution in [0.4, 0.5) is 0 Å². The minimum atomic E-state index is -1.12. The Labute approximate surface area is 174 Å². The Kier molecular flexibility index (Phi) is 5.76. The monoisotopic (exact) mass is 401 g/mol. The maximum Gasteiger partial charge on any atom is 0.140 e. The summed E-state index contributed by atoms with van der Waals surface area (Å²) in [6, 6.07) is 20.0. The normalized spacial score (nSPS) is 11.5. The van der Waals surface area contributed by atoms with Gasteiger partial charge in [-0.2, -0.15) is 0 Å². The zero-order valence-corrected chi connectivity index (χ0v) is 16.5. The van der Waals surface area contributed by atoms with E-state index in [0.717, 1.165) is 17.4 Å². The van der Waals surface area contributed by atoms with Gasteiger partial charge in [0.15, 0.2) is 0 Å². The highest BCUT2D eigenvalue weighted by Crippen LogP contribution is 2.14. The quantitative estimate of drug-likeness (QED) is 0.428. The van der Waals surface area contributed by atoms with Crippen molar-refractivity contribution in [2.75, 3.05) is 0 Å². The fourth-order valence-corrected chi connectivity index (χ4v) is 3.35. The van der Waals surface area contributed by atoms with E-state index in [1.54, 1.807) is 9.36 Å². The molecule has 8 heteroatoms. The Morgan fingerprint density at radius 3 is 1.60 bits per heavy atom. The summed E-state index contributed by atoms with van der Waals surface area (Å²) in [5.74, 6) is 0. The predicted octanol–water partition coefficient (Wildman–Crippen LogP) is 1.65. The molecule has 8 nitrogen and oxygen atoms in total. The molecule has 0 aliphatic heterocycles. The lowest BCUT2D eigenvalue weighted by Gasteiger charge is -2.20. The van der Waals surface area contributed by atoms with Crippen molar-refractivity contribution in [1.82, 2.24) is 30.0 Å². The molecule has 2 N–H and O–H groups in total. The van der Waals surface area contributed by atoms with E-state index in [1.165, 1.54) is 0 Å². The van der Waals surface area contributed by atoms with Gasteiger partial charge < -0.3 is 10.5 Å². The molecule has 0 saturated carbocycles. The van der Waals surface area contributed by atoms with Gasteiger partial charge in [0.1, 0.15) is 6.29 Å². The molecule has 0 radical (unpaired) electrons. The molecule has 2 heterocycles. The fourth-order valence-electron chi connectivity index (χ4n) is 3.35. The molecule has 0 spiro atoms. The number of hydrogen-bond donors (Lipinski definition) is 1. The Balaban J connectivity index is 1.40. The Morgan fingerprint density at radius 2 is 1.20 bits per heavy atom. The molecule has 152 valence electrons.